The molecule has 0 atom stereocenters. The lowest BCUT2D eigenvalue weighted by Crippen LogP contribution is -2.05. The SMILES string of the molecule is CCCCCCc1cc(-c2sc(C)cc2CCCCCC)sc1/C(c1ccc(-c2cccs2)s1)=c1/cc(CCCCCC)/c(=c2/cc(CCCCCC)/c(=C(\C)c3ccc(-c4cccs4)s3)s2)s1. The Kier molecular flexibility index (Phi) is 19.9. The van der Waals surface area contributed by atoms with Gasteiger partial charge in [-0.3, -0.25) is 0 Å². The molecule has 360 valence electrons. The summed E-state index contributed by atoms with van der Waals surface area (Å²) in [7, 11) is 0. The molecular weight excluding hydrogens is 977 g/mol. The van der Waals surface area contributed by atoms with E-state index in [1.807, 2.05) is 56.7 Å². The molecule has 8 heterocycles. The molecule has 0 aromatic carbocycles. The summed E-state index contributed by atoms with van der Waals surface area (Å²) in [5.74, 6) is 0. The molecule has 0 N–H and O–H groups in total. The zero-order valence-electron chi connectivity index (χ0n) is 41.5. The van der Waals surface area contributed by atoms with Gasteiger partial charge in [0.2, 0.25) is 0 Å². The fourth-order valence-electron chi connectivity index (χ4n) is 9.43. The van der Waals surface area contributed by atoms with E-state index in [0.717, 1.165) is 19.3 Å². The monoisotopic (exact) mass is 1050 g/mol. The highest BCUT2D eigenvalue weighted by Gasteiger charge is 2.22. The predicted octanol–water partition coefficient (Wildman–Crippen LogP) is 20.7. The van der Waals surface area contributed by atoms with Crippen molar-refractivity contribution in [2.75, 3.05) is 0 Å². The molecule has 8 rings (SSSR count). The number of thiophene rings is 8. The molecule has 0 radical (unpaired) electrons. The van der Waals surface area contributed by atoms with Crippen molar-refractivity contribution in [2.24, 2.45) is 0 Å². The summed E-state index contributed by atoms with van der Waals surface area (Å²) < 4.78 is 5.94. The van der Waals surface area contributed by atoms with Crippen LogP contribution in [0.15, 0.2) is 83.6 Å². The molecule has 68 heavy (non-hydrogen) atoms. The van der Waals surface area contributed by atoms with E-state index in [-0.39, 0.29) is 0 Å². The van der Waals surface area contributed by atoms with Crippen molar-refractivity contribution in [1.29, 1.82) is 0 Å². The van der Waals surface area contributed by atoms with Crippen molar-refractivity contribution >= 4 is 102 Å². The predicted molar refractivity (Wildman–Crippen MR) is 314 cm³/mol. The quantitative estimate of drug-likeness (QED) is 0.0474. The lowest BCUT2D eigenvalue weighted by molar-refractivity contribution is 0.666. The molecule has 0 aliphatic rings. The first-order valence-corrected chi connectivity index (χ1v) is 32.5. The maximum Gasteiger partial charge on any atom is 0.0481 e. The van der Waals surface area contributed by atoms with Gasteiger partial charge in [0.1, 0.15) is 0 Å². The summed E-state index contributed by atoms with van der Waals surface area (Å²) in [5.41, 5.74) is 9.14. The van der Waals surface area contributed by atoms with E-state index in [2.05, 4.69) is 159 Å². The third-order valence-corrected chi connectivity index (χ3v) is 22.8. The smallest absolute Gasteiger partial charge is 0.0481 e. The minimum absolute atomic E-state index is 1.14. The second-order valence-electron chi connectivity index (χ2n) is 18.6. The van der Waals surface area contributed by atoms with E-state index < -0.39 is 0 Å². The molecule has 0 aliphatic carbocycles. The molecule has 0 spiro atoms. The molecule has 0 saturated carbocycles. The molecule has 0 aliphatic heterocycles. The average molecular weight is 1050 g/mol. The van der Waals surface area contributed by atoms with Gasteiger partial charge in [0, 0.05) is 72.5 Å². The topological polar surface area (TPSA) is 0 Å². The number of hydrogen-bond donors (Lipinski definition) is 0. The van der Waals surface area contributed by atoms with Crippen LogP contribution >= 0.6 is 90.7 Å². The first kappa shape index (κ1) is 51.7. The Morgan fingerprint density at radius 3 is 1.59 bits per heavy atom. The summed E-state index contributed by atoms with van der Waals surface area (Å²) in [6.45, 7) is 14.1. The van der Waals surface area contributed by atoms with Crippen LogP contribution in [0.25, 0.3) is 40.4 Å². The Morgan fingerprint density at radius 1 is 0.441 bits per heavy atom. The zero-order valence-corrected chi connectivity index (χ0v) is 48.0. The van der Waals surface area contributed by atoms with E-state index in [1.165, 1.54) is 187 Å². The number of aryl methyl sites for hydroxylation is 5. The number of hydrogen-bond acceptors (Lipinski definition) is 8. The summed E-state index contributed by atoms with van der Waals surface area (Å²) in [6.07, 6.45) is 25.2. The molecule has 0 fully saturated rings. The molecule has 8 heteroatoms. The van der Waals surface area contributed by atoms with Crippen LogP contribution in [0.1, 0.15) is 179 Å². The first-order valence-electron chi connectivity index (χ1n) is 25.9. The lowest BCUT2D eigenvalue weighted by Gasteiger charge is -2.07. The van der Waals surface area contributed by atoms with Crippen LogP contribution in [-0.2, 0) is 25.7 Å². The number of rotatable bonds is 26. The molecule has 0 amide bonds. The van der Waals surface area contributed by atoms with Gasteiger partial charge in [0.05, 0.1) is 0 Å². The van der Waals surface area contributed by atoms with Crippen molar-refractivity contribution in [3.63, 3.8) is 0 Å². The van der Waals surface area contributed by atoms with Crippen LogP contribution < -0.4 is 9.06 Å². The van der Waals surface area contributed by atoms with Crippen molar-refractivity contribution in [3.05, 3.63) is 143 Å². The van der Waals surface area contributed by atoms with Crippen LogP contribution in [-0.4, -0.2) is 0 Å². The fourth-order valence-corrected chi connectivity index (χ4v) is 18.6. The Morgan fingerprint density at radius 2 is 1.00 bits per heavy atom. The normalized spacial score (nSPS) is 13.3. The second kappa shape index (κ2) is 26.2. The van der Waals surface area contributed by atoms with E-state index >= 15 is 0 Å². The van der Waals surface area contributed by atoms with Crippen LogP contribution in [0.3, 0.4) is 0 Å². The Labute approximate surface area is 440 Å². The first-order chi connectivity index (χ1) is 33.4. The van der Waals surface area contributed by atoms with Gasteiger partial charge in [-0.15, -0.1) is 90.7 Å². The van der Waals surface area contributed by atoms with Crippen molar-refractivity contribution in [1.82, 2.24) is 0 Å². The Bertz CT molecular complexity index is 2980. The van der Waals surface area contributed by atoms with Crippen molar-refractivity contribution in [3.8, 4) is 29.3 Å². The highest BCUT2D eigenvalue weighted by atomic mass is 32.1. The summed E-state index contributed by atoms with van der Waals surface area (Å²) in [6, 6.07) is 29.0. The van der Waals surface area contributed by atoms with E-state index in [9.17, 15) is 0 Å². The van der Waals surface area contributed by atoms with Crippen LogP contribution in [0.2, 0.25) is 0 Å². The molecule has 0 unspecified atom stereocenters. The van der Waals surface area contributed by atoms with E-state index in [0.29, 0.717) is 0 Å². The molecular formula is C60H72S8. The van der Waals surface area contributed by atoms with Gasteiger partial charge in [-0.25, -0.2) is 0 Å². The number of unbranched alkanes of at least 4 members (excludes halogenated alkanes) is 12. The molecule has 8 aromatic rings. The van der Waals surface area contributed by atoms with Crippen LogP contribution in [0.4, 0.5) is 0 Å². The standard InChI is InChI=1S/C60H72S8/c1-7-11-15-19-25-43-37-41(5)63-58(43)54-40-46(28-22-18-14-10-4)60(68-54)56(52-34-33-51(65-52)49-30-24-36-62-49)53-38-45(27-21-17-13-9-3)59(66-53)55-39-44(26-20-16-12-8-2)57(67-55)42(6)47-31-32-50(64-47)48-29-23-35-61-48/h23-24,29-40H,7-22,25-28H2,1-6H3/b56-53-,57-42-,59-55+. The maximum absolute atomic E-state index is 2.67. The highest BCUT2D eigenvalue weighted by Crippen LogP contribution is 2.45. The van der Waals surface area contributed by atoms with Crippen LogP contribution in [0.5, 0.6) is 0 Å². The van der Waals surface area contributed by atoms with Crippen LogP contribution in [0, 0.1) is 16.0 Å². The third-order valence-electron chi connectivity index (χ3n) is 13.2. The summed E-state index contributed by atoms with van der Waals surface area (Å²) in [4.78, 5) is 14.3. The zero-order chi connectivity index (χ0) is 47.2. The minimum Gasteiger partial charge on any atom is -0.143 e. The Balaban J connectivity index is 1.37. The molecule has 8 aromatic heterocycles. The highest BCUT2D eigenvalue weighted by molar-refractivity contribution is 7.24. The maximum atomic E-state index is 2.67. The van der Waals surface area contributed by atoms with E-state index in [1.54, 1.807) is 22.3 Å². The van der Waals surface area contributed by atoms with E-state index in [4.69, 9.17) is 0 Å². The molecule has 0 nitrogen and oxygen atoms in total. The van der Waals surface area contributed by atoms with Crippen molar-refractivity contribution < 1.29 is 0 Å². The van der Waals surface area contributed by atoms with Gasteiger partial charge in [-0.2, -0.15) is 0 Å². The van der Waals surface area contributed by atoms with Gasteiger partial charge < -0.3 is 0 Å². The van der Waals surface area contributed by atoms with Crippen molar-refractivity contribution in [2.45, 2.75) is 170 Å². The largest absolute Gasteiger partial charge is 0.143 e. The third kappa shape index (κ3) is 13.1. The molecule has 0 saturated heterocycles. The van der Waals surface area contributed by atoms with Gasteiger partial charge >= 0.3 is 0 Å². The molecule has 0 bridgehead atoms. The minimum atomic E-state index is 1.14. The fraction of sp³-hybridized carbons (Fsp3) is 0.433. The summed E-state index contributed by atoms with van der Waals surface area (Å²) >= 11 is 16.0. The van der Waals surface area contributed by atoms with Gasteiger partial charge in [0.15, 0.2) is 0 Å². The summed E-state index contributed by atoms with van der Waals surface area (Å²) in [5, 5.41) is 4.43. The lowest BCUT2D eigenvalue weighted by atomic mass is 10.0. The van der Waals surface area contributed by atoms with Gasteiger partial charge in [-0.1, -0.05) is 117 Å². The van der Waals surface area contributed by atoms with Gasteiger partial charge in [0.25, 0.3) is 0 Å². The second-order valence-corrected chi connectivity index (χ2v) is 27.1. The van der Waals surface area contributed by atoms with Gasteiger partial charge in [-0.05, 0) is 164 Å². The Hall–Kier alpha value is -2.66. The average Bonchev–Trinajstić information content (AvgIpc) is 4.20.